The number of aromatic nitrogens is 2. The van der Waals surface area contributed by atoms with E-state index in [1.165, 1.54) is 43.3 Å². The number of halogens is 2. The fourth-order valence-corrected chi connectivity index (χ4v) is 6.87. The zero-order valence-corrected chi connectivity index (χ0v) is 27.0. The molecule has 0 spiro atoms. The minimum absolute atomic E-state index is 0.0899. The zero-order chi connectivity index (χ0) is 31.1. The van der Waals surface area contributed by atoms with Crippen molar-refractivity contribution >= 4 is 52.8 Å². The minimum atomic E-state index is -0.590. The largest absolute Gasteiger partial charge is 0.495 e. The van der Waals surface area contributed by atoms with E-state index >= 15 is 0 Å². The predicted molar refractivity (Wildman–Crippen MR) is 167 cm³/mol. The molecule has 43 heavy (non-hydrogen) atoms. The van der Waals surface area contributed by atoms with Gasteiger partial charge in [-0.25, -0.2) is 14.6 Å². The van der Waals surface area contributed by atoms with Crippen molar-refractivity contribution in [3.05, 3.63) is 27.9 Å². The van der Waals surface area contributed by atoms with Crippen LogP contribution in [0.4, 0.5) is 27.0 Å². The number of hydrogen-bond acceptors (Lipinski definition) is 8. The van der Waals surface area contributed by atoms with Gasteiger partial charge in [0, 0.05) is 30.9 Å². The molecule has 3 atom stereocenters. The highest BCUT2D eigenvalue weighted by Crippen LogP contribution is 2.48. The Balaban J connectivity index is 1.39. The predicted octanol–water partition coefficient (Wildman–Crippen LogP) is 6.65. The Kier molecular flexibility index (Phi) is 9.04. The van der Waals surface area contributed by atoms with Crippen LogP contribution in [0.25, 0.3) is 0 Å². The summed E-state index contributed by atoms with van der Waals surface area (Å²) < 4.78 is 16.3. The van der Waals surface area contributed by atoms with Crippen LogP contribution < -0.4 is 29.9 Å². The number of benzene rings is 1. The van der Waals surface area contributed by atoms with Crippen molar-refractivity contribution in [2.24, 2.45) is 11.8 Å². The number of carbonyl (C=O) groups excluding carboxylic acids is 2. The van der Waals surface area contributed by atoms with Crippen LogP contribution in [-0.4, -0.2) is 61.0 Å². The number of nitrogens with zero attached hydrogens (tertiary/aromatic N) is 4. The number of anilines is 3. The molecule has 0 radical (unpaired) electrons. The third-order valence-corrected chi connectivity index (χ3v) is 9.28. The first-order chi connectivity index (χ1) is 20.4. The van der Waals surface area contributed by atoms with Crippen LogP contribution in [0, 0.1) is 11.8 Å². The van der Waals surface area contributed by atoms with Gasteiger partial charge in [-0.3, -0.25) is 9.80 Å². The number of hydrogen-bond donors (Lipinski definition) is 2. The van der Waals surface area contributed by atoms with Crippen molar-refractivity contribution in [1.82, 2.24) is 15.3 Å². The highest BCUT2D eigenvalue weighted by atomic mass is 35.5. The van der Waals surface area contributed by atoms with Gasteiger partial charge in [-0.15, -0.1) is 0 Å². The van der Waals surface area contributed by atoms with Gasteiger partial charge < -0.3 is 24.8 Å². The van der Waals surface area contributed by atoms with Crippen LogP contribution in [0.3, 0.4) is 0 Å². The molecule has 2 heterocycles. The van der Waals surface area contributed by atoms with Crippen molar-refractivity contribution in [2.45, 2.75) is 83.5 Å². The summed E-state index contributed by atoms with van der Waals surface area (Å²) in [6.45, 7) is 5.69. The minimum Gasteiger partial charge on any atom is -0.495 e. The number of alkyl carbamates (subject to hydrolysis) is 1. The van der Waals surface area contributed by atoms with E-state index in [1.54, 1.807) is 19.3 Å². The van der Waals surface area contributed by atoms with Crippen molar-refractivity contribution in [2.75, 3.05) is 36.4 Å². The molecule has 13 heteroatoms. The molecule has 2 fully saturated rings. The third kappa shape index (κ3) is 6.52. The lowest BCUT2D eigenvalue weighted by atomic mass is 9.68. The molecule has 3 amide bonds. The molecule has 2 saturated carbocycles. The Labute approximate surface area is 262 Å². The smallest absolute Gasteiger partial charge is 0.407 e. The normalized spacial score (nSPS) is 22.4. The molecule has 0 saturated heterocycles. The summed E-state index contributed by atoms with van der Waals surface area (Å²) in [6, 6.07) is 0.969. The van der Waals surface area contributed by atoms with Crippen molar-refractivity contribution < 1.29 is 23.8 Å². The molecule has 1 unspecified atom stereocenters. The summed E-state index contributed by atoms with van der Waals surface area (Å²) in [7, 11) is 4.60. The van der Waals surface area contributed by atoms with Crippen LogP contribution in [0.5, 0.6) is 11.5 Å². The van der Waals surface area contributed by atoms with Gasteiger partial charge in [0.1, 0.15) is 33.0 Å². The standard InChI is InChI=1S/C30H40Cl2N6O5/c1-30(2,3)43-28(39)35-19-11-10-17(16-8-7-9-16)12-20(19)34-27-33-14-18-15-38(29(40)37(4)26(18)36-27)25-23(31)21(41-5)13-22(42-6)24(25)32/h13-14,16-17,19-20H,7-12,15H2,1-6H3,(H,35,39)(H,33,34,36)/t17?,19-,20+/m0/s1. The fourth-order valence-electron chi connectivity index (χ4n) is 6.16. The first kappa shape index (κ1) is 31.3. The summed E-state index contributed by atoms with van der Waals surface area (Å²) in [5.41, 5.74) is 0.401. The molecule has 234 valence electrons. The van der Waals surface area contributed by atoms with Gasteiger partial charge >= 0.3 is 12.1 Å². The first-order valence-corrected chi connectivity index (χ1v) is 15.4. The van der Waals surface area contributed by atoms with Crippen LogP contribution in [0.2, 0.25) is 10.0 Å². The average molecular weight is 636 g/mol. The highest BCUT2D eigenvalue weighted by Gasteiger charge is 2.39. The lowest BCUT2D eigenvalue weighted by molar-refractivity contribution is 0.0466. The number of ether oxygens (including phenoxy) is 3. The quantitative estimate of drug-likeness (QED) is 0.347. The molecule has 0 bridgehead atoms. The van der Waals surface area contributed by atoms with E-state index in [0.717, 1.165) is 25.2 Å². The molecule has 3 aliphatic rings. The van der Waals surface area contributed by atoms with Gasteiger partial charge in [-0.1, -0.05) is 42.5 Å². The second-order valence-corrected chi connectivity index (χ2v) is 13.3. The maximum absolute atomic E-state index is 13.6. The lowest BCUT2D eigenvalue weighted by Gasteiger charge is -2.43. The molecule has 2 N–H and O–H groups in total. The van der Waals surface area contributed by atoms with Crippen LogP contribution in [0.1, 0.15) is 64.9 Å². The van der Waals surface area contributed by atoms with Gasteiger partial charge in [0.2, 0.25) is 5.95 Å². The number of methoxy groups -OCH3 is 2. The molecule has 1 aromatic heterocycles. The molecular weight excluding hydrogens is 595 g/mol. The van der Waals surface area contributed by atoms with Crippen LogP contribution in [-0.2, 0) is 11.3 Å². The lowest BCUT2D eigenvalue weighted by Crippen LogP contribution is -2.52. The van der Waals surface area contributed by atoms with E-state index in [0.29, 0.717) is 34.7 Å². The number of carbonyl (C=O) groups is 2. The Morgan fingerprint density at radius 1 is 1.02 bits per heavy atom. The summed E-state index contributed by atoms with van der Waals surface area (Å²) in [5.74, 6) is 2.83. The van der Waals surface area contributed by atoms with E-state index in [9.17, 15) is 9.59 Å². The number of rotatable bonds is 7. The fraction of sp³-hybridized carbons (Fsp3) is 0.600. The SMILES string of the molecule is COc1cc(OC)c(Cl)c(N2Cc3cnc(N[C@@H]4CC(C5CCC5)CC[C@@H]4NC(=O)OC(C)(C)C)nc3N(C)C2=O)c1Cl. The maximum atomic E-state index is 13.6. The number of fused-ring (bicyclic) bond motifs is 1. The van der Waals surface area contributed by atoms with E-state index in [1.807, 2.05) is 20.8 Å². The monoisotopic (exact) mass is 634 g/mol. The second kappa shape index (κ2) is 12.4. The topological polar surface area (TPSA) is 118 Å². The van der Waals surface area contributed by atoms with Gasteiger partial charge in [0.05, 0.1) is 32.5 Å². The highest BCUT2D eigenvalue weighted by molar-refractivity contribution is 6.42. The Morgan fingerprint density at radius 3 is 2.28 bits per heavy atom. The van der Waals surface area contributed by atoms with E-state index in [2.05, 4.69) is 15.6 Å². The summed E-state index contributed by atoms with van der Waals surface area (Å²) >= 11 is 13.3. The zero-order valence-electron chi connectivity index (χ0n) is 25.5. The molecular formula is C30H40Cl2N6O5. The molecule has 1 aromatic carbocycles. The molecule has 2 aromatic rings. The van der Waals surface area contributed by atoms with Gasteiger partial charge in [0.25, 0.3) is 0 Å². The summed E-state index contributed by atoms with van der Waals surface area (Å²) in [6.07, 6.45) is 7.84. The van der Waals surface area contributed by atoms with Crippen molar-refractivity contribution in [3.8, 4) is 11.5 Å². The number of urea groups is 1. The van der Waals surface area contributed by atoms with Gasteiger partial charge in [-0.2, -0.15) is 4.98 Å². The number of nitrogens with one attached hydrogen (secondary N) is 2. The van der Waals surface area contributed by atoms with E-state index in [4.69, 9.17) is 42.4 Å². The first-order valence-electron chi connectivity index (χ1n) is 14.7. The van der Waals surface area contributed by atoms with Crippen LogP contribution in [0.15, 0.2) is 12.3 Å². The van der Waals surface area contributed by atoms with Gasteiger partial charge in [0.15, 0.2) is 0 Å². The van der Waals surface area contributed by atoms with Crippen LogP contribution >= 0.6 is 23.2 Å². The van der Waals surface area contributed by atoms with Crippen molar-refractivity contribution in [1.29, 1.82) is 0 Å². The molecule has 1 aliphatic heterocycles. The maximum Gasteiger partial charge on any atom is 0.407 e. The Bertz CT molecular complexity index is 1350. The van der Waals surface area contributed by atoms with Crippen molar-refractivity contribution in [3.63, 3.8) is 0 Å². The van der Waals surface area contributed by atoms with Gasteiger partial charge in [-0.05, 0) is 51.9 Å². The summed E-state index contributed by atoms with van der Waals surface area (Å²) in [5, 5.41) is 6.95. The second-order valence-electron chi connectivity index (χ2n) is 12.5. The average Bonchev–Trinajstić information content (AvgIpc) is 2.91. The molecule has 11 nitrogen and oxygen atoms in total. The van der Waals surface area contributed by atoms with E-state index < -0.39 is 11.7 Å². The molecule has 5 rings (SSSR count). The molecule has 2 aliphatic carbocycles. The Morgan fingerprint density at radius 2 is 1.70 bits per heavy atom. The third-order valence-electron chi connectivity index (χ3n) is 8.55. The summed E-state index contributed by atoms with van der Waals surface area (Å²) in [4.78, 5) is 38.6. The van der Waals surface area contributed by atoms with E-state index in [-0.39, 0.29) is 40.4 Å². The Hall–Kier alpha value is -3.18. The number of amides is 3.